The van der Waals surface area contributed by atoms with E-state index in [-0.39, 0.29) is 0 Å². The summed E-state index contributed by atoms with van der Waals surface area (Å²) in [6, 6.07) is 4.30. The second-order valence-corrected chi connectivity index (χ2v) is 3.40. The van der Waals surface area contributed by atoms with E-state index >= 15 is 0 Å². The minimum absolute atomic E-state index is 0.584. The molecule has 0 amide bonds. The van der Waals surface area contributed by atoms with E-state index in [2.05, 4.69) is 42.1 Å². The molecule has 0 unspecified atom stereocenters. The molecule has 0 saturated carbocycles. The number of H-pyrrole nitrogens is 2. The van der Waals surface area contributed by atoms with Gasteiger partial charge in [0.1, 0.15) is 0 Å². The molecule has 2 aromatic heterocycles. The molecule has 2 heterocycles. The highest BCUT2D eigenvalue weighted by molar-refractivity contribution is 5.72. The lowest BCUT2D eigenvalue weighted by Gasteiger charge is -2.00. The molecule has 0 fully saturated rings. The van der Waals surface area contributed by atoms with Gasteiger partial charge in [0.2, 0.25) is 0 Å². The maximum Gasteiger partial charge on any atom is 0.284 e. The molecule has 2 nitrogen and oxygen atoms in total. The van der Waals surface area contributed by atoms with Crippen molar-refractivity contribution in [2.45, 2.75) is 19.8 Å². The Bertz CT molecular complexity index is 387. The van der Waals surface area contributed by atoms with Gasteiger partial charge in [0, 0.05) is 0 Å². The number of rotatable bonds is 1. The first kappa shape index (κ1) is 7.35. The van der Waals surface area contributed by atoms with Gasteiger partial charge in [0.15, 0.2) is 0 Å². The van der Waals surface area contributed by atoms with Crippen molar-refractivity contribution in [2.75, 3.05) is 0 Å². The van der Waals surface area contributed by atoms with Crippen molar-refractivity contribution in [1.29, 1.82) is 0 Å². The summed E-state index contributed by atoms with van der Waals surface area (Å²) < 4.78 is 0. The number of nitrogens with one attached hydrogen (secondary N) is 2. The van der Waals surface area contributed by atoms with Crippen LogP contribution in [-0.4, -0.2) is 4.98 Å². The average Bonchev–Trinajstić information content (AvgIpc) is 2.49. The van der Waals surface area contributed by atoms with Crippen molar-refractivity contribution >= 4 is 11.0 Å². The van der Waals surface area contributed by atoms with Crippen LogP contribution in [0.5, 0.6) is 0 Å². The van der Waals surface area contributed by atoms with E-state index < -0.39 is 0 Å². The van der Waals surface area contributed by atoms with Crippen LogP contribution in [0.15, 0.2) is 24.5 Å². The highest BCUT2D eigenvalue weighted by Gasteiger charge is 2.05. The zero-order valence-electron chi connectivity index (χ0n) is 7.39. The molecule has 2 aromatic rings. The number of pyridine rings is 1. The predicted molar refractivity (Wildman–Crippen MR) is 48.9 cm³/mol. The van der Waals surface area contributed by atoms with Crippen molar-refractivity contribution < 1.29 is 4.98 Å². The fourth-order valence-electron chi connectivity index (χ4n) is 1.34. The summed E-state index contributed by atoms with van der Waals surface area (Å²) in [5, 5.41) is 1.25. The first-order valence-electron chi connectivity index (χ1n) is 4.26. The second-order valence-electron chi connectivity index (χ2n) is 3.40. The highest BCUT2D eigenvalue weighted by Crippen LogP contribution is 2.15. The average molecular weight is 161 g/mol. The Balaban J connectivity index is 2.60. The minimum Gasteiger partial charge on any atom is -0.247 e. The summed E-state index contributed by atoms with van der Waals surface area (Å²) in [5.74, 6) is 0.584. The quantitative estimate of drug-likeness (QED) is 0.664. The fourth-order valence-corrected chi connectivity index (χ4v) is 1.34. The normalized spacial score (nSPS) is 11.2. The van der Waals surface area contributed by atoms with E-state index in [0.29, 0.717) is 5.92 Å². The maximum absolute atomic E-state index is 3.23. The molecule has 0 aliphatic rings. The standard InChI is InChI=1S/C10H12N2/c1-7(2)9-5-8-3-4-11-10(8)12-6-9/h3-7H,1-2H3,(H,11,12)/p+1. The van der Waals surface area contributed by atoms with Crippen LogP contribution in [0.25, 0.3) is 11.0 Å². The summed E-state index contributed by atoms with van der Waals surface area (Å²) in [4.78, 5) is 6.36. The smallest absolute Gasteiger partial charge is 0.247 e. The SMILES string of the molecule is CC(C)c1c[nH+]c2[nH]ccc2c1. The van der Waals surface area contributed by atoms with Gasteiger partial charge in [-0.15, -0.1) is 0 Å². The molecule has 0 aliphatic carbocycles. The molecule has 2 N–H and O–H groups in total. The summed E-state index contributed by atoms with van der Waals surface area (Å²) in [7, 11) is 0. The van der Waals surface area contributed by atoms with Crippen LogP contribution in [0, 0.1) is 0 Å². The van der Waals surface area contributed by atoms with Crippen LogP contribution in [-0.2, 0) is 0 Å². The van der Waals surface area contributed by atoms with Gasteiger partial charge in [-0.3, -0.25) is 0 Å². The van der Waals surface area contributed by atoms with Crippen LogP contribution < -0.4 is 4.98 Å². The molecule has 0 spiro atoms. The van der Waals surface area contributed by atoms with Gasteiger partial charge in [0.05, 0.1) is 17.8 Å². The Kier molecular flexibility index (Phi) is 1.61. The molecule has 12 heavy (non-hydrogen) atoms. The van der Waals surface area contributed by atoms with E-state index in [9.17, 15) is 0 Å². The van der Waals surface area contributed by atoms with Gasteiger partial charge < -0.3 is 0 Å². The number of aromatic amines is 2. The Labute approximate surface area is 71.6 Å². The van der Waals surface area contributed by atoms with E-state index in [1.54, 1.807) is 0 Å². The minimum atomic E-state index is 0.584. The van der Waals surface area contributed by atoms with E-state index in [1.165, 1.54) is 10.9 Å². The molecule has 62 valence electrons. The Morgan fingerprint density at radius 1 is 1.42 bits per heavy atom. The molecule has 0 aliphatic heterocycles. The zero-order valence-corrected chi connectivity index (χ0v) is 7.39. The highest BCUT2D eigenvalue weighted by atomic mass is 14.8. The summed E-state index contributed by atoms with van der Waals surface area (Å²) in [6.07, 6.45) is 4.01. The Morgan fingerprint density at radius 3 is 3.00 bits per heavy atom. The zero-order chi connectivity index (χ0) is 8.55. The molecule has 0 saturated heterocycles. The summed E-state index contributed by atoms with van der Waals surface area (Å²) >= 11 is 0. The molecular weight excluding hydrogens is 148 g/mol. The van der Waals surface area contributed by atoms with Crippen molar-refractivity contribution in [2.24, 2.45) is 0 Å². The summed E-state index contributed by atoms with van der Waals surface area (Å²) in [5.41, 5.74) is 2.45. The first-order chi connectivity index (χ1) is 5.77. The predicted octanol–water partition coefficient (Wildman–Crippen LogP) is 2.11. The first-order valence-corrected chi connectivity index (χ1v) is 4.26. The Morgan fingerprint density at radius 2 is 2.25 bits per heavy atom. The lowest BCUT2D eigenvalue weighted by atomic mass is 10.1. The van der Waals surface area contributed by atoms with Gasteiger partial charge in [-0.1, -0.05) is 13.8 Å². The monoisotopic (exact) mass is 161 g/mol. The third kappa shape index (κ3) is 1.09. The molecule has 2 rings (SSSR count). The fraction of sp³-hybridized carbons (Fsp3) is 0.300. The van der Waals surface area contributed by atoms with Crippen molar-refractivity contribution in [3.63, 3.8) is 0 Å². The lowest BCUT2D eigenvalue weighted by Crippen LogP contribution is -2.05. The van der Waals surface area contributed by atoms with Crippen molar-refractivity contribution in [3.8, 4) is 0 Å². The number of aromatic nitrogens is 2. The van der Waals surface area contributed by atoms with Gasteiger partial charge in [-0.05, 0) is 23.6 Å². The lowest BCUT2D eigenvalue weighted by molar-refractivity contribution is -0.348. The molecular formula is C10H13N2+. The third-order valence-electron chi connectivity index (χ3n) is 2.15. The van der Waals surface area contributed by atoms with Gasteiger partial charge in [-0.2, -0.15) is 0 Å². The number of hydrogen-bond donors (Lipinski definition) is 1. The number of fused-ring (bicyclic) bond motifs is 1. The van der Waals surface area contributed by atoms with Crippen LogP contribution in [0.2, 0.25) is 0 Å². The largest absolute Gasteiger partial charge is 0.284 e. The molecule has 0 bridgehead atoms. The summed E-state index contributed by atoms with van der Waals surface area (Å²) in [6.45, 7) is 4.39. The second kappa shape index (κ2) is 2.63. The topological polar surface area (TPSA) is 29.9 Å². The molecule has 0 atom stereocenters. The van der Waals surface area contributed by atoms with E-state index in [1.807, 2.05) is 6.20 Å². The van der Waals surface area contributed by atoms with Crippen molar-refractivity contribution in [1.82, 2.24) is 4.98 Å². The van der Waals surface area contributed by atoms with Crippen LogP contribution in [0.1, 0.15) is 25.3 Å². The Hall–Kier alpha value is -1.31. The maximum atomic E-state index is 3.23. The van der Waals surface area contributed by atoms with E-state index in [4.69, 9.17) is 0 Å². The number of hydrogen-bond acceptors (Lipinski definition) is 0. The molecule has 0 radical (unpaired) electrons. The van der Waals surface area contributed by atoms with E-state index in [0.717, 1.165) is 5.65 Å². The van der Waals surface area contributed by atoms with Gasteiger partial charge >= 0.3 is 0 Å². The van der Waals surface area contributed by atoms with Crippen LogP contribution in [0.4, 0.5) is 0 Å². The molecule has 0 aromatic carbocycles. The molecule has 2 heteroatoms. The van der Waals surface area contributed by atoms with Gasteiger partial charge in [-0.25, -0.2) is 9.97 Å². The van der Waals surface area contributed by atoms with Gasteiger partial charge in [0.25, 0.3) is 5.65 Å². The third-order valence-corrected chi connectivity index (χ3v) is 2.15. The van der Waals surface area contributed by atoms with Crippen LogP contribution in [0.3, 0.4) is 0 Å². The van der Waals surface area contributed by atoms with Crippen molar-refractivity contribution in [3.05, 3.63) is 30.1 Å². The van der Waals surface area contributed by atoms with Crippen LogP contribution >= 0.6 is 0 Å².